The molecule has 0 saturated heterocycles. The molecular formula is C13H19NO2. The number of nitrogens with one attached hydrogen (secondary N) is 1. The van der Waals surface area contributed by atoms with Gasteiger partial charge in [0.25, 0.3) is 0 Å². The highest BCUT2D eigenvalue weighted by atomic mass is 16.3. The van der Waals surface area contributed by atoms with E-state index in [0.717, 1.165) is 12.8 Å². The monoisotopic (exact) mass is 221 g/mol. The predicted molar refractivity (Wildman–Crippen MR) is 64.0 cm³/mol. The fraction of sp³-hybridized carbons (Fsp3) is 0.462. The summed E-state index contributed by atoms with van der Waals surface area (Å²) < 4.78 is 0. The Labute approximate surface area is 96.5 Å². The molecule has 0 radical (unpaired) electrons. The lowest BCUT2D eigenvalue weighted by atomic mass is 10.1. The van der Waals surface area contributed by atoms with E-state index >= 15 is 0 Å². The number of hydrogen-bond acceptors (Lipinski definition) is 2. The van der Waals surface area contributed by atoms with Crippen molar-refractivity contribution in [2.45, 2.75) is 38.8 Å². The van der Waals surface area contributed by atoms with Crippen molar-refractivity contribution < 1.29 is 9.90 Å². The van der Waals surface area contributed by atoms with Crippen LogP contribution in [-0.4, -0.2) is 23.2 Å². The summed E-state index contributed by atoms with van der Waals surface area (Å²) in [6.07, 6.45) is 0.879. The molecular weight excluding hydrogens is 202 g/mol. The molecule has 0 bridgehead atoms. The molecule has 0 saturated carbocycles. The third-order valence-electron chi connectivity index (χ3n) is 2.48. The zero-order valence-electron chi connectivity index (χ0n) is 9.81. The lowest BCUT2D eigenvalue weighted by Gasteiger charge is -2.14. The molecule has 1 amide bonds. The summed E-state index contributed by atoms with van der Waals surface area (Å²) in [5.41, 5.74) is 1.26. The molecule has 0 heterocycles. The SMILES string of the molecule is CC(CCc1ccccc1)NC(=O)C(C)O. The smallest absolute Gasteiger partial charge is 0.248 e. The van der Waals surface area contributed by atoms with Crippen LogP contribution in [0, 0.1) is 0 Å². The highest BCUT2D eigenvalue weighted by molar-refractivity contribution is 5.80. The van der Waals surface area contributed by atoms with Gasteiger partial charge in [0.15, 0.2) is 0 Å². The van der Waals surface area contributed by atoms with Gasteiger partial charge in [-0.3, -0.25) is 4.79 Å². The number of hydrogen-bond donors (Lipinski definition) is 2. The van der Waals surface area contributed by atoms with Crippen molar-refractivity contribution in [1.29, 1.82) is 0 Å². The second kappa shape index (κ2) is 6.28. The van der Waals surface area contributed by atoms with Crippen LogP contribution < -0.4 is 5.32 Å². The third kappa shape index (κ3) is 4.45. The molecule has 1 rings (SSSR count). The Morgan fingerprint density at radius 1 is 1.31 bits per heavy atom. The molecule has 2 atom stereocenters. The van der Waals surface area contributed by atoms with Gasteiger partial charge in [0, 0.05) is 6.04 Å². The minimum Gasteiger partial charge on any atom is -0.384 e. The van der Waals surface area contributed by atoms with Crippen molar-refractivity contribution in [3.05, 3.63) is 35.9 Å². The second-order valence-electron chi connectivity index (χ2n) is 4.11. The normalized spacial score (nSPS) is 14.2. The standard InChI is InChI=1S/C13H19NO2/c1-10(14-13(16)11(2)15)8-9-12-6-4-3-5-7-12/h3-7,10-11,15H,8-9H2,1-2H3,(H,14,16). The van der Waals surface area contributed by atoms with Crippen molar-refractivity contribution in [3.63, 3.8) is 0 Å². The fourth-order valence-corrected chi connectivity index (χ4v) is 1.46. The molecule has 0 fully saturated rings. The van der Waals surface area contributed by atoms with Crippen LogP contribution in [0.3, 0.4) is 0 Å². The number of aliphatic hydroxyl groups is 1. The van der Waals surface area contributed by atoms with Gasteiger partial charge in [0.1, 0.15) is 6.10 Å². The molecule has 1 aromatic carbocycles. The van der Waals surface area contributed by atoms with Crippen LogP contribution in [0.5, 0.6) is 0 Å². The van der Waals surface area contributed by atoms with Gasteiger partial charge in [0.05, 0.1) is 0 Å². The first kappa shape index (κ1) is 12.7. The Bertz CT molecular complexity index is 322. The molecule has 16 heavy (non-hydrogen) atoms. The Balaban J connectivity index is 2.30. The van der Waals surface area contributed by atoms with Crippen LogP contribution in [0.4, 0.5) is 0 Å². The van der Waals surface area contributed by atoms with Crippen molar-refractivity contribution in [1.82, 2.24) is 5.32 Å². The highest BCUT2D eigenvalue weighted by Gasteiger charge is 2.11. The van der Waals surface area contributed by atoms with Crippen LogP contribution in [0.15, 0.2) is 30.3 Å². The largest absolute Gasteiger partial charge is 0.384 e. The van der Waals surface area contributed by atoms with E-state index in [1.54, 1.807) is 0 Å². The van der Waals surface area contributed by atoms with E-state index in [-0.39, 0.29) is 11.9 Å². The second-order valence-corrected chi connectivity index (χ2v) is 4.11. The van der Waals surface area contributed by atoms with Crippen molar-refractivity contribution in [2.75, 3.05) is 0 Å². The molecule has 0 aromatic heterocycles. The molecule has 0 spiro atoms. The molecule has 1 aromatic rings. The van der Waals surface area contributed by atoms with E-state index in [1.165, 1.54) is 12.5 Å². The van der Waals surface area contributed by atoms with Gasteiger partial charge in [-0.05, 0) is 32.3 Å². The first-order valence-electron chi connectivity index (χ1n) is 5.62. The number of benzene rings is 1. The minimum atomic E-state index is -0.931. The molecule has 3 nitrogen and oxygen atoms in total. The minimum absolute atomic E-state index is 0.0855. The molecule has 88 valence electrons. The average Bonchev–Trinajstić information content (AvgIpc) is 2.27. The van der Waals surface area contributed by atoms with E-state index in [1.807, 2.05) is 25.1 Å². The van der Waals surface area contributed by atoms with E-state index in [2.05, 4.69) is 17.4 Å². The van der Waals surface area contributed by atoms with Crippen molar-refractivity contribution >= 4 is 5.91 Å². The Kier molecular flexibility index (Phi) is 4.99. The predicted octanol–water partition coefficient (Wildman–Crippen LogP) is 1.50. The quantitative estimate of drug-likeness (QED) is 0.791. The Morgan fingerprint density at radius 3 is 2.50 bits per heavy atom. The van der Waals surface area contributed by atoms with Crippen LogP contribution in [0.25, 0.3) is 0 Å². The highest BCUT2D eigenvalue weighted by Crippen LogP contribution is 2.04. The van der Waals surface area contributed by atoms with E-state index in [0.29, 0.717) is 0 Å². The van der Waals surface area contributed by atoms with E-state index in [4.69, 9.17) is 5.11 Å². The summed E-state index contributed by atoms with van der Waals surface area (Å²) >= 11 is 0. The van der Waals surface area contributed by atoms with E-state index < -0.39 is 6.10 Å². The summed E-state index contributed by atoms with van der Waals surface area (Å²) in [4.78, 5) is 11.2. The van der Waals surface area contributed by atoms with Gasteiger partial charge in [-0.2, -0.15) is 0 Å². The molecule has 0 aliphatic heterocycles. The summed E-state index contributed by atoms with van der Waals surface area (Å²) in [6.45, 7) is 3.42. The molecule has 3 heteroatoms. The van der Waals surface area contributed by atoms with Gasteiger partial charge in [-0.25, -0.2) is 0 Å². The summed E-state index contributed by atoms with van der Waals surface area (Å²) in [7, 11) is 0. The number of aryl methyl sites for hydroxylation is 1. The summed E-state index contributed by atoms with van der Waals surface area (Å²) in [6, 6.07) is 10.2. The lowest BCUT2D eigenvalue weighted by Crippen LogP contribution is -2.38. The molecule has 2 unspecified atom stereocenters. The summed E-state index contributed by atoms with van der Waals surface area (Å²) in [5.74, 6) is -0.305. The molecule has 2 N–H and O–H groups in total. The number of carbonyl (C=O) groups is 1. The molecule has 0 aliphatic carbocycles. The van der Waals surface area contributed by atoms with Crippen LogP contribution >= 0.6 is 0 Å². The maximum atomic E-state index is 11.2. The van der Waals surface area contributed by atoms with Crippen molar-refractivity contribution in [2.24, 2.45) is 0 Å². The zero-order valence-corrected chi connectivity index (χ0v) is 9.81. The Morgan fingerprint density at radius 2 is 1.94 bits per heavy atom. The van der Waals surface area contributed by atoms with Crippen molar-refractivity contribution in [3.8, 4) is 0 Å². The third-order valence-corrected chi connectivity index (χ3v) is 2.48. The number of rotatable bonds is 5. The number of carbonyl (C=O) groups excluding carboxylic acids is 1. The van der Waals surface area contributed by atoms with Gasteiger partial charge < -0.3 is 10.4 Å². The Hall–Kier alpha value is -1.35. The topological polar surface area (TPSA) is 49.3 Å². The van der Waals surface area contributed by atoms with Crippen LogP contribution in [-0.2, 0) is 11.2 Å². The first-order chi connectivity index (χ1) is 7.59. The average molecular weight is 221 g/mol. The zero-order chi connectivity index (χ0) is 12.0. The van der Waals surface area contributed by atoms with Crippen LogP contribution in [0.2, 0.25) is 0 Å². The maximum Gasteiger partial charge on any atom is 0.248 e. The van der Waals surface area contributed by atoms with Gasteiger partial charge in [0.2, 0.25) is 5.91 Å². The van der Waals surface area contributed by atoms with Gasteiger partial charge >= 0.3 is 0 Å². The summed E-state index contributed by atoms with van der Waals surface area (Å²) in [5, 5.41) is 11.8. The number of amides is 1. The maximum absolute atomic E-state index is 11.2. The van der Waals surface area contributed by atoms with Gasteiger partial charge in [-0.15, -0.1) is 0 Å². The fourth-order valence-electron chi connectivity index (χ4n) is 1.46. The van der Waals surface area contributed by atoms with Crippen LogP contribution in [0.1, 0.15) is 25.8 Å². The number of aliphatic hydroxyl groups excluding tert-OH is 1. The molecule has 0 aliphatic rings. The van der Waals surface area contributed by atoms with E-state index in [9.17, 15) is 4.79 Å². The van der Waals surface area contributed by atoms with Gasteiger partial charge in [-0.1, -0.05) is 30.3 Å². The lowest BCUT2D eigenvalue weighted by molar-refractivity contribution is -0.129. The first-order valence-corrected chi connectivity index (χ1v) is 5.62.